The number of amides is 2. The molecule has 0 aliphatic heterocycles. The Hall–Kier alpha value is -3.39. The number of esters is 1. The van der Waals surface area contributed by atoms with Gasteiger partial charge in [-0.05, 0) is 93.5 Å². The number of phenolic OH excluding ortho intramolecular Hbond substituents is 1. The van der Waals surface area contributed by atoms with Crippen LogP contribution in [-0.4, -0.2) is 48.1 Å². The first-order valence-corrected chi connectivity index (χ1v) is 11.5. The number of hydrogen-bond acceptors (Lipinski definition) is 6. The molecular weight excluding hydrogens is 434 g/mol. The molecule has 8 heteroatoms. The largest absolute Gasteiger partial charge is 0.508 e. The highest BCUT2D eigenvalue weighted by molar-refractivity contribution is 5.90. The minimum atomic E-state index is -0.810. The van der Waals surface area contributed by atoms with E-state index in [9.17, 15) is 19.5 Å². The highest BCUT2D eigenvalue weighted by atomic mass is 16.5. The van der Waals surface area contributed by atoms with E-state index in [0.29, 0.717) is 31.6 Å². The number of rotatable bonds is 11. The van der Waals surface area contributed by atoms with Gasteiger partial charge in [-0.3, -0.25) is 9.59 Å². The van der Waals surface area contributed by atoms with Crippen molar-refractivity contribution in [2.45, 2.75) is 59.0 Å². The van der Waals surface area contributed by atoms with E-state index in [1.54, 1.807) is 38.1 Å². The molecule has 34 heavy (non-hydrogen) atoms. The fraction of sp³-hybridized carbons (Fsp3) is 0.423. The van der Waals surface area contributed by atoms with Gasteiger partial charge in [0.05, 0.1) is 18.2 Å². The van der Waals surface area contributed by atoms with E-state index in [1.807, 2.05) is 26.0 Å². The number of hydrogen-bond donors (Lipinski definition) is 4. The van der Waals surface area contributed by atoms with E-state index in [2.05, 4.69) is 10.6 Å². The van der Waals surface area contributed by atoms with Gasteiger partial charge >= 0.3 is 5.97 Å². The lowest BCUT2D eigenvalue weighted by molar-refractivity contribution is -0.129. The predicted molar refractivity (Wildman–Crippen MR) is 131 cm³/mol. The van der Waals surface area contributed by atoms with Crippen LogP contribution in [0.5, 0.6) is 5.75 Å². The van der Waals surface area contributed by atoms with Crippen molar-refractivity contribution in [3.8, 4) is 5.75 Å². The first kappa shape index (κ1) is 26.9. The third-order valence-electron chi connectivity index (χ3n) is 5.60. The Balaban J connectivity index is 1.75. The first-order valence-electron chi connectivity index (χ1n) is 11.5. The van der Waals surface area contributed by atoms with Crippen molar-refractivity contribution in [2.75, 3.05) is 13.2 Å². The topological polar surface area (TPSA) is 131 Å². The molecule has 0 aliphatic carbocycles. The van der Waals surface area contributed by atoms with Crippen LogP contribution in [0.1, 0.15) is 52.9 Å². The summed E-state index contributed by atoms with van der Waals surface area (Å²) in [5.74, 6) is -0.854. The maximum atomic E-state index is 12.5. The van der Waals surface area contributed by atoms with E-state index in [0.717, 1.165) is 28.7 Å². The first-order chi connectivity index (χ1) is 16.1. The van der Waals surface area contributed by atoms with Crippen LogP contribution in [0, 0.1) is 13.8 Å². The molecule has 5 N–H and O–H groups in total. The van der Waals surface area contributed by atoms with Crippen LogP contribution >= 0.6 is 0 Å². The van der Waals surface area contributed by atoms with Gasteiger partial charge < -0.3 is 26.2 Å². The summed E-state index contributed by atoms with van der Waals surface area (Å²) < 4.78 is 4.97. The van der Waals surface area contributed by atoms with Crippen molar-refractivity contribution >= 4 is 17.8 Å². The molecule has 0 bridgehead atoms. The van der Waals surface area contributed by atoms with E-state index in [1.165, 1.54) is 0 Å². The van der Waals surface area contributed by atoms with Gasteiger partial charge in [0, 0.05) is 6.54 Å². The van der Waals surface area contributed by atoms with Crippen LogP contribution in [0.4, 0.5) is 0 Å². The lowest BCUT2D eigenvalue weighted by Crippen LogP contribution is -2.51. The molecule has 2 atom stereocenters. The Kier molecular flexibility index (Phi) is 10.1. The van der Waals surface area contributed by atoms with Crippen LogP contribution < -0.4 is 16.4 Å². The smallest absolute Gasteiger partial charge is 0.338 e. The molecule has 0 saturated heterocycles. The summed E-state index contributed by atoms with van der Waals surface area (Å²) in [4.78, 5) is 36.5. The molecule has 0 aromatic heterocycles. The fourth-order valence-electron chi connectivity index (χ4n) is 3.67. The number of ether oxygens (including phenoxy) is 1. The highest BCUT2D eigenvalue weighted by Gasteiger charge is 2.21. The Morgan fingerprint density at radius 2 is 1.68 bits per heavy atom. The van der Waals surface area contributed by atoms with Gasteiger partial charge in [0.1, 0.15) is 11.8 Å². The maximum absolute atomic E-state index is 12.5. The summed E-state index contributed by atoms with van der Waals surface area (Å²) in [5.41, 5.74) is 10.3. The second-order valence-electron chi connectivity index (χ2n) is 8.41. The van der Waals surface area contributed by atoms with Crippen molar-refractivity contribution in [1.82, 2.24) is 10.6 Å². The van der Waals surface area contributed by atoms with Crippen molar-refractivity contribution in [1.29, 1.82) is 0 Å². The highest BCUT2D eigenvalue weighted by Crippen LogP contribution is 2.21. The molecule has 1 unspecified atom stereocenters. The van der Waals surface area contributed by atoms with Crippen molar-refractivity contribution < 1.29 is 24.2 Å². The molecule has 184 valence electrons. The Labute approximate surface area is 200 Å². The molecule has 8 nitrogen and oxygen atoms in total. The molecule has 2 rings (SSSR count). The number of phenols is 1. The Morgan fingerprint density at radius 3 is 2.26 bits per heavy atom. The predicted octanol–water partition coefficient (Wildman–Crippen LogP) is 2.31. The van der Waals surface area contributed by atoms with E-state index >= 15 is 0 Å². The zero-order valence-electron chi connectivity index (χ0n) is 20.3. The maximum Gasteiger partial charge on any atom is 0.338 e. The lowest BCUT2D eigenvalue weighted by atomic mass is 9.96. The molecule has 0 heterocycles. The van der Waals surface area contributed by atoms with Gasteiger partial charge in [-0.25, -0.2) is 4.79 Å². The van der Waals surface area contributed by atoms with Gasteiger partial charge in [0.2, 0.25) is 11.8 Å². The molecule has 0 aliphatic rings. The van der Waals surface area contributed by atoms with Crippen LogP contribution in [-0.2, 0) is 27.2 Å². The molecule has 0 spiro atoms. The number of benzene rings is 2. The normalized spacial score (nSPS) is 12.5. The van der Waals surface area contributed by atoms with Gasteiger partial charge in [-0.15, -0.1) is 0 Å². The zero-order chi connectivity index (χ0) is 25.3. The number of aromatic hydroxyl groups is 1. The molecule has 0 fully saturated rings. The summed E-state index contributed by atoms with van der Waals surface area (Å²) in [7, 11) is 0. The molecule has 0 saturated carbocycles. The summed E-state index contributed by atoms with van der Waals surface area (Å²) in [6.07, 6.45) is 1.76. The minimum Gasteiger partial charge on any atom is -0.508 e. The van der Waals surface area contributed by atoms with Gasteiger partial charge in [-0.1, -0.05) is 12.1 Å². The quantitative estimate of drug-likeness (QED) is 0.295. The Bertz CT molecular complexity index is 981. The molecule has 2 aromatic carbocycles. The third-order valence-corrected chi connectivity index (χ3v) is 5.60. The van der Waals surface area contributed by atoms with E-state index in [-0.39, 0.29) is 17.6 Å². The second kappa shape index (κ2) is 12.7. The second-order valence-corrected chi connectivity index (χ2v) is 8.41. The van der Waals surface area contributed by atoms with Gasteiger partial charge in [0.15, 0.2) is 0 Å². The van der Waals surface area contributed by atoms with E-state index in [4.69, 9.17) is 10.5 Å². The summed E-state index contributed by atoms with van der Waals surface area (Å²) in [5, 5.41) is 15.2. The van der Waals surface area contributed by atoms with Gasteiger partial charge in [-0.2, -0.15) is 0 Å². The van der Waals surface area contributed by atoms with Crippen molar-refractivity contribution in [3.63, 3.8) is 0 Å². The lowest BCUT2D eigenvalue weighted by Gasteiger charge is -2.19. The summed E-state index contributed by atoms with van der Waals surface area (Å²) in [6.45, 7) is 7.89. The zero-order valence-corrected chi connectivity index (χ0v) is 20.3. The summed E-state index contributed by atoms with van der Waals surface area (Å²) in [6, 6.07) is 8.95. The van der Waals surface area contributed by atoms with Gasteiger partial charge in [0.25, 0.3) is 0 Å². The molecular formula is C26H35N3O5. The fourth-order valence-corrected chi connectivity index (χ4v) is 3.67. The number of carbonyl (C=O) groups excluding carboxylic acids is 3. The Morgan fingerprint density at radius 1 is 1.06 bits per heavy atom. The number of carbonyl (C=O) groups is 3. The monoisotopic (exact) mass is 469 g/mol. The number of nitrogens with two attached hydrogens (primary N) is 1. The van der Waals surface area contributed by atoms with E-state index < -0.39 is 18.0 Å². The number of nitrogens with one attached hydrogen (secondary N) is 2. The minimum absolute atomic E-state index is 0.177. The van der Waals surface area contributed by atoms with Crippen LogP contribution in [0.3, 0.4) is 0 Å². The average molecular weight is 470 g/mol. The van der Waals surface area contributed by atoms with Crippen LogP contribution in [0.2, 0.25) is 0 Å². The van der Waals surface area contributed by atoms with Crippen LogP contribution in [0.15, 0.2) is 36.4 Å². The van der Waals surface area contributed by atoms with Crippen molar-refractivity contribution in [2.24, 2.45) is 5.73 Å². The standard InChI is InChI=1S/C26H35N3O5/c1-5-34-26(33)20-10-8-19(9-11-20)7-6-12-28-24(31)18(4)29-25(32)23(27)15-22-16(2)13-21(30)14-17(22)3/h8-11,13-14,18,23,30H,5-7,12,15,27H2,1-4H3,(H,28,31)(H,29,32)/t18-,23?/m1/s1. The SMILES string of the molecule is CCOC(=O)c1ccc(CCCNC(=O)[C@@H](C)NC(=O)C(N)Cc2c(C)cc(O)cc2C)cc1. The van der Waals surface area contributed by atoms with Crippen LogP contribution in [0.25, 0.3) is 0 Å². The molecule has 2 amide bonds. The molecule has 2 aromatic rings. The summed E-state index contributed by atoms with van der Waals surface area (Å²) >= 11 is 0. The van der Waals surface area contributed by atoms with Crippen molar-refractivity contribution in [3.05, 3.63) is 64.2 Å². The average Bonchev–Trinajstić information content (AvgIpc) is 2.79. The third kappa shape index (κ3) is 7.88. The molecule has 0 radical (unpaired) electrons. The number of aryl methyl sites for hydroxylation is 3.